The van der Waals surface area contributed by atoms with Crippen molar-refractivity contribution in [2.45, 2.75) is 25.5 Å². The van der Waals surface area contributed by atoms with Gasteiger partial charge in [-0.2, -0.15) is 0 Å². The third-order valence-electron chi connectivity index (χ3n) is 3.71. The van der Waals surface area contributed by atoms with Gasteiger partial charge in [-0.15, -0.1) is 0 Å². The Morgan fingerprint density at radius 2 is 2.14 bits per heavy atom. The topological polar surface area (TPSA) is 75.8 Å². The first kappa shape index (κ1) is 15.9. The highest BCUT2D eigenvalue weighted by molar-refractivity contribution is 5.92. The Bertz CT molecular complexity index is 488. The van der Waals surface area contributed by atoms with Gasteiger partial charge in [0.15, 0.2) is 0 Å². The van der Waals surface area contributed by atoms with E-state index in [2.05, 4.69) is 4.90 Å². The van der Waals surface area contributed by atoms with E-state index in [1.807, 2.05) is 0 Å². The predicted molar refractivity (Wildman–Crippen MR) is 76.3 cm³/mol. The molecule has 0 aromatic heterocycles. The van der Waals surface area contributed by atoms with Crippen molar-refractivity contribution in [3.05, 3.63) is 35.1 Å². The molecule has 1 aromatic carbocycles. The van der Waals surface area contributed by atoms with Crippen LogP contribution in [0.1, 0.15) is 28.8 Å². The largest absolute Gasteiger partial charge is 0.394 e. The molecule has 1 fully saturated rings. The Morgan fingerprint density at radius 3 is 2.71 bits per heavy atom. The Morgan fingerprint density at radius 1 is 1.43 bits per heavy atom. The minimum absolute atomic E-state index is 0.0393. The monoisotopic (exact) mass is 296 g/mol. The molecule has 0 aliphatic carbocycles. The highest BCUT2D eigenvalue weighted by Gasteiger charge is 2.20. The maximum Gasteiger partial charge on any atom is 0.248 e. The van der Waals surface area contributed by atoms with Gasteiger partial charge in [0.25, 0.3) is 0 Å². The van der Waals surface area contributed by atoms with Crippen molar-refractivity contribution in [1.29, 1.82) is 0 Å². The van der Waals surface area contributed by atoms with Gasteiger partial charge in [0.2, 0.25) is 5.91 Å². The van der Waals surface area contributed by atoms with E-state index >= 15 is 0 Å². The second-order valence-corrected chi connectivity index (χ2v) is 5.24. The normalized spacial score (nSPS) is 17.0. The number of aliphatic hydroxyl groups is 1. The smallest absolute Gasteiger partial charge is 0.248 e. The lowest BCUT2D eigenvalue weighted by atomic mass is 10.1. The van der Waals surface area contributed by atoms with E-state index in [1.165, 1.54) is 6.07 Å². The van der Waals surface area contributed by atoms with Gasteiger partial charge >= 0.3 is 0 Å². The number of primary amides is 1. The average Bonchev–Trinajstić information content (AvgIpc) is 2.48. The quantitative estimate of drug-likeness (QED) is 0.818. The van der Waals surface area contributed by atoms with E-state index in [4.69, 9.17) is 15.6 Å². The molecule has 1 aromatic rings. The summed E-state index contributed by atoms with van der Waals surface area (Å²) in [5, 5.41) is 8.73. The fraction of sp³-hybridized carbons (Fsp3) is 0.533. The van der Waals surface area contributed by atoms with Crippen LogP contribution in [0.15, 0.2) is 18.2 Å². The van der Waals surface area contributed by atoms with Crippen LogP contribution in [0, 0.1) is 5.82 Å². The van der Waals surface area contributed by atoms with E-state index in [9.17, 15) is 9.18 Å². The number of hydrogen-bond donors (Lipinski definition) is 2. The zero-order valence-electron chi connectivity index (χ0n) is 11.9. The van der Waals surface area contributed by atoms with Gasteiger partial charge < -0.3 is 15.6 Å². The number of carbonyl (C=O) groups is 1. The molecule has 21 heavy (non-hydrogen) atoms. The van der Waals surface area contributed by atoms with Gasteiger partial charge in [-0.1, -0.05) is 6.07 Å². The molecule has 5 nitrogen and oxygen atoms in total. The first-order valence-corrected chi connectivity index (χ1v) is 7.13. The van der Waals surface area contributed by atoms with Crippen molar-refractivity contribution in [3.63, 3.8) is 0 Å². The maximum atomic E-state index is 13.9. The average molecular weight is 296 g/mol. The Balaban J connectivity index is 1.87. The molecule has 6 heteroatoms. The number of amides is 1. The summed E-state index contributed by atoms with van der Waals surface area (Å²) in [4.78, 5) is 13.1. The summed E-state index contributed by atoms with van der Waals surface area (Å²) in [7, 11) is 0. The second kappa shape index (κ2) is 7.49. The minimum Gasteiger partial charge on any atom is -0.394 e. The molecule has 116 valence electrons. The summed E-state index contributed by atoms with van der Waals surface area (Å²) in [5.74, 6) is -1.02. The van der Waals surface area contributed by atoms with Crippen LogP contribution in [0.4, 0.5) is 4.39 Å². The van der Waals surface area contributed by atoms with Gasteiger partial charge in [0.1, 0.15) is 5.82 Å². The van der Waals surface area contributed by atoms with Crippen LogP contribution in [0.5, 0.6) is 0 Å². The van der Waals surface area contributed by atoms with Crippen molar-refractivity contribution in [2.75, 3.05) is 26.3 Å². The van der Waals surface area contributed by atoms with Crippen LogP contribution >= 0.6 is 0 Å². The number of likely N-dealkylation sites (tertiary alicyclic amines) is 1. The predicted octanol–water partition coefficient (Wildman–Crippen LogP) is 0.898. The molecule has 0 unspecified atom stereocenters. The molecule has 0 bridgehead atoms. The minimum atomic E-state index is -0.623. The van der Waals surface area contributed by atoms with Gasteiger partial charge in [-0.25, -0.2) is 4.39 Å². The van der Waals surface area contributed by atoms with E-state index in [0.717, 1.165) is 25.9 Å². The maximum absolute atomic E-state index is 13.9. The number of carbonyl (C=O) groups excluding carboxylic acids is 1. The van der Waals surface area contributed by atoms with Crippen molar-refractivity contribution in [3.8, 4) is 0 Å². The third-order valence-corrected chi connectivity index (χ3v) is 3.71. The molecule has 0 atom stereocenters. The number of hydrogen-bond acceptors (Lipinski definition) is 4. The van der Waals surface area contributed by atoms with E-state index < -0.39 is 11.7 Å². The van der Waals surface area contributed by atoms with Gasteiger partial charge in [-0.3, -0.25) is 9.69 Å². The van der Waals surface area contributed by atoms with Crippen LogP contribution < -0.4 is 5.73 Å². The number of benzene rings is 1. The number of rotatable bonds is 6. The standard InChI is InChI=1S/C15H21FN2O3/c16-14-9-11(15(17)20)1-2-12(14)10-18-5-3-13(4-6-18)21-8-7-19/h1-2,9,13,19H,3-8,10H2,(H2,17,20). The molecule has 0 spiro atoms. The molecular weight excluding hydrogens is 275 g/mol. The molecule has 1 amide bonds. The van der Waals surface area contributed by atoms with Crippen LogP contribution in [-0.4, -0.2) is 48.3 Å². The molecular formula is C15H21FN2O3. The number of aliphatic hydroxyl groups excluding tert-OH is 1. The molecule has 1 saturated heterocycles. The van der Waals surface area contributed by atoms with Crippen molar-refractivity contribution in [2.24, 2.45) is 5.73 Å². The number of ether oxygens (including phenoxy) is 1. The van der Waals surface area contributed by atoms with Crippen LogP contribution in [0.25, 0.3) is 0 Å². The van der Waals surface area contributed by atoms with Crippen LogP contribution in [0.3, 0.4) is 0 Å². The van der Waals surface area contributed by atoms with E-state index in [1.54, 1.807) is 12.1 Å². The highest BCUT2D eigenvalue weighted by Crippen LogP contribution is 2.18. The summed E-state index contributed by atoms with van der Waals surface area (Å²) >= 11 is 0. The number of halogens is 1. The molecule has 1 aliphatic heterocycles. The highest BCUT2D eigenvalue weighted by atomic mass is 19.1. The molecule has 1 aliphatic rings. The fourth-order valence-corrected chi connectivity index (χ4v) is 2.52. The zero-order valence-corrected chi connectivity index (χ0v) is 11.9. The van der Waals surface area contributed by atoms with E-state index in [0.29, 0.717) is 18.7 Å². The van der Waals surface area contributed by atoms with Crippen molar-refractivity contribution in [1.82, 2.24) is 4.90 Å². The number of nitrogens with two attached hydrogens (primary N) is 1. The van der Waals surface area contributed by atoms with E-state index in [-0.39, 0.29) is 18.3 Å². The molecule has 2 rings (SSSR count). The molecule has 0 radical (unpaired) electrons. The first-order valence-electron chi connectivity index (χ1n) is 7.13. The molecule has 3 N–H and O–H groups in total. The summed E-state index contributed by atoms with van der Waals surface area (Å²) in [6.07, 6.45) is 1.93. The van der Waals surface area contributed by atoms with Crippen LogP contribution in [0.2, 0.25) is 0 Å². The zero-order chi connectivity index (χ0) is 15.2. The Labute approximate surface area is 123 Å². The Hall–Kier alpha value is -1.50. The molecule has 1 heterocycles. The fourth-order valence-electron chi connectivity index (χ4n) is 2.52. The van der Waals surface area contributed by atoms with Gasteiger partial charge in [0, 0.05) is 30.8 Å². The lowest BCUT2D eigenvalue weighted by Crippen LogP contribution is -2.37. The number of piperidine rings is 1. The lowest BCUT2D eigenvalue weighted by Gasteiger charge is -2.31. The summed E-state index contributed by atoms with van der Waals surface area (Å²) in [6.45, 7) is 2.57. The lowest BCUT2D eigenvalue weighted by molar-refractivity contribution is -0.00914. The van der Waals surface area contributed by atoms with Gasteiger partial charge in [0.05, 0.1) is 19.3 Å². The summed E-state index contributed by atoms with van der Waals surface area (Å²) in [6, 6.07) is 4.36. The van der Waals surface area contributed by atoms with Crippen molar-refractivity contribution < 1.29 is 19.0 Å². The SMILES string of the molecule is NC(=O)c1ccc(CN2CCC(OCCO)CC2)c(F)c1. The molecule has 0 saturated carbocycles. The Kier molecular flexibility index (Phi) is 5.67. The number of nitrogens with zero attached hydrogens (tertiary/aromatic N) is 1. The van der Waals surface area contributed by atoms with Gasteiger partial charge in [-0.05, 0) is 25.0 Å². The summed E-state index contributed by atoms with van der Waals surface area (Å²) in [5.41, 5.74) is 5.88. The van der Waals surface area contributed by atoms with Crippen LogP contribution in [-0.2, 0) is 11.3 Å². The first-order chi connectivity index (χ1) is 10.1. The summed E-state index contributed by atoms with van der Waals surface area (Å²) < 4.78 is 19.4. The van der Waals surface area contributed by atoms with Crippen molar-refractivity contribution >= 4 is 5.91 Å². The second-order valence-electron chi connectivity index (χ2n) is 5.24. The third kappa shape index (κ3) is 4.49.